The first-order valence-electron chi connectivity index (χ1n) is 11.5. The number of aliphatic hydroxyl groups excluding tert-OH is 1. The van der Waals surface area contributed by atoms with Gasteiger partial charge in [-0.3, -0.25) is 4.79 Å². The average molecular weight is 459 g/mol. The summed E-state index contributed by atoms with van der Waals surface area (Å²) < 4.78 is 6.35. The fourth-order valence-corrected chi connectivity index (χ4v) is 4.66. The number of phenols is 1. The molecule has 32 heavy (non-hydrogen) atoms. The maximum Gasteiger partial charge on any atom is 0.305 e. The lowest BCUT2D eigenvalue weighted by molar-refractivity contribution is 0.126. The van der Waals surface area contributed by atoms with E-state index in [1.165, 1.54) is 18.1 Å². The van der Waals surface area contributed by atoms with Crippen LogP contribution in [0, 0.1) is 0 Å². The van der Waals surface area contributed by atoms with Crippen LogP contribution in [0.25, 0.3) is 10.2 Å². The minimum Gasteiger partial charge on any atom is -0.506 e. The van der Waals surface area contributed by atoms with Crippen LogP contribution in [0.1, 0.15) is 55.8 Å². The molecule has 0 aliphatic carbocycles. The van der Waals surface area contributed by atoms with Gasteiger partial charge < -0.3 is 25.3 Å². The average Bonchev–Trinajstić information content (AvgIpc) is 3.20. The van der Waals surface area contributed by atoms with Crippen molar-refractivity contribution in [2.75, 3.05) is 26.3 Å². The summed E-state index contributed by atoms with van der Waals surface area (Å²) in [6, 6.07) is 13.8. The topological polar surface area (TPSA) is 94.6 Å². The van der Waals surface area contributed by atoms with Crippen LogP contribution in [0.3, 0.4) is 0 Å². The number of fused-ring (bicyclic) bond motifs is 1. The molecular weight excluding hydrogens is 424 g/mol. The monoisotopic (exact) mass is 458 g/mol. The fourth-order valence-electron chi connectivity index (χ4n) is 3.74. The number of aromatic amines is 1. The fraction of sp³-hybridized carbons (Fsp3) is 0.480. The van der Waals surface area contributed by atoms with E-state index in [0.29, 0.717) is 22.3 Å². The minimum absolute atomic E-state index is 0.0263. The smallest absolute Gasteiger partial charge is 0.305 e. The number of H-pyrrole nitrogens is 1. The zero-order valence-electron chi connectivity index (χ0n) is 18.5. The standard InChI is InChI=1S/C25H34N2O4S/c28-21-14-13-20(24-23(21)27-25(30)32-24)22(29)18-26-15-7-1-2-8-16-31-17-9-6-12-19-10-4-3-5-11-19/h3-5,10-11,13-14,22,26,28-29H,1-2,6-9,12,15-18H2,(H,27,30). The SMILES string of the molecule is O=c1[nH]c2c(O)ccc(C(O)CNCCCCCCOCCCCc3ccccc3)c2s1. The molecule has 1 unspecified atom stereocenters. The minimum atomic E-state index is -0.722. The molecule has 0 bridgehead atoms. The second-order valence-corrected chi connectivity index (χ2v) is 9.06. The van der Waals surface area contributed by atoms with Gasteiger partial charge in [0.15, 0.2) is 0 Å². The number of nitrogens with one attached hydrogen (secondary N) is 2. The Morgan fingerprint density at radius 1 is 0.969 bits per heavy atom. The number of hydrogen-bond donors (Lipinski definition) is 4. The van der Waals surface area contributed by atoms with Crippen LogP contribution < -0.4 is 10.2 Å². The van der Waals surface area contributed by atoms with E-state index < -0.39 is 6.10 Å². The molecular formula is C25H34N2O4S. The van der Waals surface area contributed by atoms with Gasteiger partial charge in [-0.05, 0) is 50.3 Å². The molecule has 0 fully saturated rings. The summed E-state index contributed by atoms with van der Waals surface area (Å²) in [6.07, 6.45) is 7.07. The van der Waals surface area contributed by atoms with Crippen molar-refractivity contribution < 1.29 is 14.9 Å². The summed E-state index contributed by atoms with van der Waals surface area (Å²) in [5.74, 6) is 0.0263. The molecule has 1 heterocycles. The molecule has 174 valence electrons. The molecule has 1 atom stereocenters. The van der Waals surface area contributed by atoms with Crippen molar-refractivity contribution in [2.45, 2.75) is 51.0 Å². The Balaban J connectivity index is 1.18. The molecule has 7 heteroatoms. The largest absolute Gasteiger partial charge is 0.506 e. The van der Waals surface area contributed by atoms with E-state index in [9.17, 15) is 15.0 Å². The Hall–Kier alpha value is -2.19. The van der Waals surface area contributed by atoms with Crippen molar-refractivity contribution in [3.63, 3.8) is 0 Å². The Kier molecular flexibility index (Phi) is 10.2. The third-order valence-electron chi connectivity index (χ3n) is 5.52. The van der Waals surface area contributed by atoms with Crippen LogP contribution in [0.5, 0.6) is 5.75 Å². The second kappa shape index (κ2) is 13.4. The van der Waals surface area contributed by atoms with Gasteiger partial charge in [0.25, 0.3) is 0 Å². The van der Waals surface area contributed by atoms with Crippen LogP contribution in [0.4, 0.5) is 0 Å². The lowest BCUT2D eigenvalue weighted by Gasteiger charge is -2.13. The van der Waals surface area contributed by atoms with Crippen molar-refractivity contribution in [2.24, 2.45) is 0 Å². The van der Waals surface area contributed by atoms with E-state index in [0.717, 1.165) is 69.6 Å². The van der Waals surface area contributed by atoms with Gasteiger partial charge in [0.2, 0.25) is 0 Å². The Morgan fingerprint density at radius 3 is 2.53 bits per heavy atom. The molecule has 3 rings (SSSR count). The number of aromatic hydroxyl groups is 1. The van der Waals surface area contributed by atoms with Crippen LogP contribution in [-0.2, 0) is 11.2 Å². The maximum absolute atomic E-state index is 11.6. The highest BCUT2D eigenvalue weighted by molar-refractivity contribution is 7.16. The molecule has 0 aliphatic heterocycles. The van der Waals surface area contributed by atoms with Gasteiger partial charge in [0.1, 0.15) is 11.3 Å². The normalized spacial score (nSPS) is 12.4. The van der Waals surface area contributed by atoms with Gasteiger partial charge >= 0.3 is 4.87 Å². The Bertz CT molecular complexity index is 987. The molecule has 3 aromatic rings. The summed E-state index contributed by atoms with van der Waals surface area (Å²) in [5.41, 5.74) is 2.45. The third-order valence-corrected chi connectivity index (χ3v) is 6.46. The van der Waals surface area contributed by atoms with Crippen molar-refractivity contribution in [3.05, 3.63) is 63.3 Å². The number of hydrogen-bond acceptors (Lipinski definition) is 6. The van der Waals surface area contributed by atoms with E-state index in [-0.39, 0.29) is 10.6 Å². The second-order valence-electron chi connectivity index (χ2n) is 8.08. The number of phenolic OH excluding ortho intramolecular Hbond substituents is 1. The molecule has 4 N–H and O–H groups in total. The lowest BCUT2D eigenvalue weighted by atomic mass is 10.1. The van der Waals surface area contributed by atoms with Crippen molar-refractivity contribution in [1.82, 2.24) is 10.3 Å². The van der Waals surface area contributed by atoms with Crippen molar-refractivity contribution in [3.8, 4) is 5.75 Å². The maximum atomic E-state index is 11.6. The molecule has 0 saturated heterocycles. The summed E-state index contributed by atoms with van der Waals surface area (Å²) in [7, 11) is 0. The summed E-state index contributed by atoms with van der Waals surface area (Å²) in [4.78, 5) is 14.0. The molecule has 0 aliphatic rings. The van der Waals surface area contributed by atoms with Crippen LogP contribution in [-0.4, -0.2) is 41.5 Å². The number of unbranched alkanes of at least 4 members (excludes halogenated alkanes) is 4. The zero-order chi connectivity index (χ0) is 22.6. The molecule has 0 amide bonds. The molecule has 0 saturated carbocycles. The first kappa shape index (κ1) is 24.5. The van der Waals surface area contributed by atoms with Gasteiger partial charge in [0, 0.05) is 25.3 Å². The van der Waals surface area contributed by atoms with Crippen LogP contribution in [0.15, 0.2) is 47.3 Å². The van der Waals surface area contributed by atoms with Gasteiger partial charge in [-0.25, -0.2) is 0 Å². The molecule has 1 aromatic heterocycles. The number of aromatic nitrogens is 1. The lowest BCUT2D eigenvalue weighted by Crippen LogP contribution is -2.22. The Labute approximate surface area is 193 Å². The van der Waals surface area contributed by atoms with E-state index in [2.05, 4.69) is 40.6 Å². The Morgan fingerprint density at radius 2 is 1.72 bits per heavy atom. The first-order chi connectivity index (χ1) is 15.6. The predicted octanol–water partition coefficient (Wildman–Crippen LogP) is 4.52. The quantitative estimate of drug-likeness (QED) is 0.251. The third kappa shape index (κ3) is 7.74. The van der Waals surface area contributed by atoms with Gasteiger partial charge in [-0.15, -0.1) is 0 Å². The zero-order valence-corrected chi connectivity index (χ0v) is 19.3. The number of thiazole rings is 1. The van der Waals surface area contributed by atoms with Crippen LogP contribution in [0.2, 0.25) is 0 Å². The number of aryl methyl sites for hydroxylation is 1. The highest BCUT2D eigenvalue weighted by atomic mass is 32.1. The summed E-state index contributed by atoms with van der Waals surface area (Å²) in [5, 5.41) is 23.6. The van der Waals surface area contributed by atoms with E-state index >= 15 is 0 Å². The molecule has 0 radical (unpaired) electrons. The molecule has 0 spiro atoms. The van der Waals surface area contributed by atoms with Crippen molar-refractivity contribution in [1.29, 1.82) is 0 Å². The van der Waals surface area contributed by atoms with Gasteiger partial charge in [0.05, 0.1) is 10.8 Å². The number of ether oxygens (including phenoxy) is 1. The van der Waals surface area contributed by atoms with E-state index in [1.807, 2.05) is 0 Å². The highest BCUT2D eigenvalue weighted by Crippen LogP contribution is 2.31. The highest BCUT2D eigenvalue weighted by Gasteiger charge is 2.15. The predicted molar refractivity (Wildman–Crippen MR) is 131 cm³/mol. The van der Waals surface area contributed by atoms with E-state index in [4.69, 9.17) is 4.74 Å². The number of rotatable bonds is 15. The van der Waals surface area contributed by atoms with Crippen molar-refractivity contribution >= 4 is 21.6 Å². The summed E-state index contributed by atoms with van der Waals surface area (Å²) >= 11 is 1.01. The van der Waals surface area contributed by atoms with Gasteiger partial charge in [-0.2, -0.15) is 0 Å². The van der Waals surface area contributed by atoms with Gasteiger partial charge in [-0.1, -0.05) is 60.6 Å². The molecule has 6 nitrogen and oxygen atoms in total. The molecule has 2 aromatic carbocycles. The van der Waals surface area contributed by atoms with E-state index in [1.54, 1.807) is 6.07 Å². The number of aliphatic hydroxyl groups is 1. The number of benzene rings is 2. The van der Waals surface area contributed by atoms with Crippen LogP contribution >= 0.6 is 11.3 Å². The first-order valence-corrected chi connectivity index (χ1v) is 12.3. The summed E-state index contributed by atoms with van der Waals surface area (Å²) in [6.45, 7) is 2.92.